The molecule has 5 heteroatoms. The molecular weight excluding hydrogens is 229 g/mol. The highest BCUT2D eigenvalue weighted by molar-refractivity contribution is 7.83. The smallest absolute Gasteiger partial charge is 0.205 e. The summed E-state index contributed by atoms with van der Waals surface area (Å²) in [5, 5.41) is 0.613. The van der Waals surface area contributed by atoms with Gasteiger partial charge in [0.25, 0.3) is 6.43 Å². The molecule has 0 nitrogen and oxygen atoms in total. The standard InChI is InChI=1S/C9H5F3S2/c10-7-5(9(11)12)2-1-4-3-6(13)14-8(4)7/h1-3,9,13H. The van der Waals surface area contributed by atoms with E-state index in [4.69, 9.17) is 0 Å². The Morgan fingerprint density at radius 2 is 2.00 bits per heavy atom. The molecule has 0 N–H and O–H groups in total. The van der Waals surface area contributed by atoms with E-state index >= 15 is 0 Å². The SMILES string of the molecule is Fc1c(C(F)F)ccc2cc(S)sc12. The van der Waals surface area contributed by atoms with Crippen LogP contribution in [0.25, 0.3) is 10.1 Å². The van der Waals surface area contributed by atoms with Crippen molar-refractivity contribution >= 4 is 34.1 Å². The van der Waals surface area contributed by atoms with Gasteiger partial charge in [-0.15, -0.1) is 24.0 Å². The molecule has 0 aliphatic heterocycles. The Labute approximate surface area is 87.8 Å². The Hall–Kier alpha value is -0.680. The molecule has 0 unspecified atom stereocenters. The summed E-state index contributed by atoms with van der Waals surface area (Å²) >= 11 is 5.11. The van der Waals surface area contributed by atoms with Gasteiger partial charge in [-0.25, -0.2) is 13.2 Å². The van der Waals surface area contributed by atoms with E-state index in [0.717, 1.165) is 17.4 Å². The lowest BCUT2D eigenvalue weighted by atomic mass is 10.2. The van der Waals surface area contributed by atoms with Crippen LogP contribution in [0.2, 0.25) is 0 Å². The summed E-state index contributed by atoms with van der Waals surface area (Å²) < 4.78 is 38.9. The highest BCUT2D eigenvalue weighted by Gasteiger charge is 2.16. The van der Waals surface area contributed by atoms with Gasteiger partial charge in [-0.3, -0.25) is 0 Å². The molecule has 14 heavy (non-hydrogen) atoms. The monoisotopic (exact) mass is 234 g/mol. The van der Waals surface area contributed by atoms with Crippen LogP contribution in [0.5, 0.6) is 0 Å². The van der Waals surface area contributed by atoms with Crippen LogP contribution < -0.4 is 0 Å². The zero-order chi connectivity index (χ0) is 10.3. The maximum Gasteiger partial charge on any atom is 0.266 e. The van der Waals surface area contributed by atoms with E-state index in [1.165, 1.54) is 6.07 Å². The summed E-state index contributed by atoms with van der Waals surface area (Å²) in [6.07, 6.45) is -2.77. The van der Waals surface area contributed by atoms with E-state index in [9.17, 15) is 13.2 Å². The van der Waals surface area contributed by atoms with Gasteiger partial charge >= 0.3 is 0 Å². The summed E-state index contributed by atoms with van der Waals surface area (Å²) in [4.78, 5) is 0. The van der Waals surface area contributed by atoms with Crippen molar-refractivity contribution in [3.8, 4) is 0 Å². The molecule has 0 spiro atoms. The molecule has 0 radical (unpaired) electrons. The Bertz CT molecular complexity index is 476. The van der Waals surface area contributed by atoms with Crippen LogP contribution in [-0.4, -0.2) is 0 Å². The third-order valence-corrected chi connectivity index (χ3v) is 3.23. The van der Waals surface area contributed by atoms with Gasteiger partial charge in [0, 0.05) is 0 Å². The van der Waals surface area contributed by atoms with Gasteiger partial charge in [-0.05, 0) is 17.5 Å². The average Bonchev–Trinajstić information content (AvgIpc) is 2.46. The molecule has 0 aliphatic carbocycles. The molecule has 0 fully saturated rings. The van der Waals surface area contributed by atoms with Gasteiger partial charge in [0.2, 0.25) is 0 Å². The molecule has 0 atom stereocenters. The highest BCUT2D eigenvalue weighted by atomic mass is 32.2. The van der Waals surface area contributed by atoms with Gasteiger partial charge < -0.3 is 0 Å². The Balaban J connectivity index is 2.74. The highest BCUT2D eigenvalue weighted by Crippen LogP contribution is 2.34. The minimum absolute atomic E-state index is 0.243. The van der Waals surface area contributed by atoms with E-state index < -0.39 is 17.8 Å². The molecule has 0 saturated heterocycles. The number of rotatable bonds is 1. The van der Waals surface area contributed by atoms with Crippen molar-refractivity contribution in [2.45, 2.75) is 10.6 Å². The van der Waals surface area contributed by atoms with Crippen LogP contribution in [0, 0.1) is 5.82 Å². The zero-order valence-corrected chi connectivity index (χ0v) is 8.51. The van der Waals surface area contributed by atoms with Crippen LogP contribution in [0.1, 0.15) is 12.0 Å². The number of hydrogen-bond acceptors (Lipinski definition) is 2. The van der Waals surface area contributed by atoms with Gasteiger partial charge in [-0.1, -0.05) is 6.07 Å². The van der Waals surface area contributed by atoms with Crippen LogP contribution in [0.4, 0.5) is 13.2 Å². The van der Waals surface area contributed by atoms with E-state index in [0.29, 0.717) is 9.60 Å². The Morgan fingerprint density at radius 1 is 1.29 bits per heavy atom. The largest absolute Gasteiger partial charge is 0.266 e. The van der Waals surface area contributed by atoms with Crippen molar-refractivity contribution in [1.82, 2.24) is 0 Å². The van der Waals surface area contributed by atoms with Gasteiger partial charge in [0.15, 0.2) is 0 Å². The molecule has 0 aliphatic rings. The second-order valence-corrected chi connectivity index (χ2v) is 4.61. The summed E-state index contributed by atoms with van der Waals surface area (Å²) in [6.45, 7) is 0. The molecule has 1 aromatic heterocycles. The topological polar surface area (TPSA) is 0 Å². The van der Waals surface area contributed by atoms with Crippen molar-refractivity contribution in [1.29, 1.82) is 0 Å². The van der Waals surface area contributed by atoms with Gasteiger partial charge in [0.05, 0.1) is 14.5 Å². The average molecular weight is 234 g/mol. The minimum atomic E-state index is -2.77. The van der Waals surface area contributed by atoms with Crippen LogP contribution in [-0.2, 0) is 0 Å². The molecule has 0 amide bonds. The summed E-state index contributed by atoms with van der Waals surface area (Å²) in [7, 11) is 0. The summed E-state index contributed by atoms with van der Waals surface area (Å²) in [5.41, 5.74) is -0.548. The predicted molar refractivity (Wildman–Crippen MR) is 54.0 cm³/mol. The van der Waals surface area contributed by atoms with E-state index in [-0.39, 0.29) is 4.70 Å². The van der Waals surface area contributed by atoms with Crippen molar-refractivity contribution in [2.75, 3.05) is 0 Å². The fourth-order valence-electron chi connectivity index (χ4n) is 1.24. The van der Waals surface area contributed by atoms with Gasteiger partial charge in [-0.2, -0.15) is 0 Å². The molecule has 74 valence electrons. The van der Waals surface area contributed by atoms with E-state index in [2.05, 4.69) is 12.6 Å². The maximum atomic E-state index is 13.4. The van der Waals surface area contributed by atoms with Crippen molar-refractivity contribution in [2.24, 2.45) is 0 Å². The fraction of sp³-hybridized carbons (Fsp3) is 0.111. The number of thiol groups is 1. The third kappa shape index (κ3) is 1.50. The number of thiophene rings is 1. The Kier molecular flexibility index (Phi) is 2.45. The van der Waals surface area contributed by atoms with Crippen LogP contribution in [0.3, 0.4) is 0 Å². The number of fused-ring (bicyclic) bond motifs is 1. The molecule has 2 aromatic rings. The number of halogens is 3. The first kappa shape index (κ1) is 9.86. The minimum Gasteiger partial charge on any atom is -0.205 e. The quantitative estimate of drug-likeness (QED) is 0.700. The second kappa shape index (κ2) is 3.47. The number of benzene rings is 1. The summed E-state index contributed by atoms with van der Waals surface area (Å²) in [6, 6.07) is 4.25. The van der Waals surface area contributed by atoms with Crippen molar-refractivity contribution in [3.63, 3.8) is 0 Å². The molecular formula is C9H5F3S2. The lowest BCUT2D eigenvalue weighted by Gasteiger charge is -2.01. The van der Waals surface area contributed by atoms with Crippen LogP contribution >= 0.6 is 24.0 Å². The summed E-state index contributed by atoms with van der Waals surface area (Å²) in [5.74, 6) is -0.831. The second-order valence-electron chi connectivity index (χ2n) is 2.77. The molecule has 1 heterocycles. The zero-order valence-electron chi connectivity index (χ0n) is 6.80. The fourth-order valence-corrected chi connectivity index (χ4v) is 2.50. The first-order valence-electron chi connectivity index (χ1n) is 3.78. The maximum absolute atomic E-state index is 13.4. The number of hydrogen-bond donors (Lipinski definition) is 1. The molecule has 0 bridgehead atoms. The predicted octanol–water partition coefficient (Wildman–Crippen LogP) is 4.27. The molecule has 1 aromatic carbocycles. The first-order valence-corrected chi connectivity index (χ1v) is 5.05. The van der Waals surface area contributed by atoms with Crippen LogP contribution in [0.15, 0.2) is 22.4 Å². The van der Waals surface area contributed by atoms with Crippen molar-refractivity contribution < 1.29 is 13.2 Å². The normalized spacial score (nSPS) is 11.5. The van der Waals surface area contributed by atoms with E-state index in [1.807, 2.05) is 0 Å². The third-order valence-electron chi connectivity index (χ3n) is 1.88. The Morgan fingerprint density at radius 3 is 2.64 bits per heavy atom. The lowest BCUT2D eigenvalue weighted by Crippen LogP contribution is -1.89. The van der Waals surface area contributed by atoms with Crippen molar-refractivity contribution in [3.05, 3.63) is 29.6 Å². The lowest BCUT2D eigenvalue weighted by molar-refractivity contribution is 0.147. The van der Waals surface area contributed by atoms with Gasteiger partial charge in [0.1, 0.15) is 5.82 Å². The first-order chi connectivity index (χ1) is 6.59. The molecule has 0 saturated carbocycles. The number of alkyl halides is 2. The molecule has 2 rings (SSSR count). The van der Waals surface area contributed by atoms with E-state index in [1.54, 1.807) is 6.07 Å².